The van der Waals surface area contributed by atoms with Crippen LogP contribution in [-0.2, 0) is 11.3 Å². The first kappa shape index (κ1) is 26.3. The van der Waals surface area contributed by atoms with E-state index in [0.717, 1.165) is 10.9 Å². The summed E-state index contributed by atoms with van der Waals surface area (Å²) in [5, 5.41) is 4.59. The van der Waals surface area contributed by atoms with Gasteiger partial charge in [-0.25, -0.2) is 14.8 Å². The van der Waals surface area contributed by atoms with E-state index in [9.17, 15) is 14.4 Å². The fourth-order valence-electron chi connectivity index (χ4n) is 3.69. The molecule has 0 saturated heterocycles. The van der Waals surface area contributed by atoms with Crippen LogP contribution in [0.5, 0.6) is 0 Å². The lowest BCUT2D eigenvalue weighted by molar-refractivity contribution is -0.116. The molecule has 2 aromatic heterocycles. The van der Waals surface area contributed by atoms with Crippen molar-refractivity contribution in [3.63, 3.8) is 0 Å². The number of aromatic nitrogens is 4. The van der Waals surface area contributed by atoms with Crippen molar-refractivity contribution < 1.29 is 4.79 Å². The smallest absolute Gasteiger partial charge is 0.330 e. The maximum absolute atomic E-state index is 13.4. The number of nitrogens with zero attached hydrogens (tertiary/aromatic N) is 4. The fourth-order valence-corrected chi connectivity index (χ4v) is 4.42. The van der Waals surface area contributed by atoms with Crippen molar-refractivity contribution in [1.29, 1.82) is 0 Å². The van der Waals surface area contributed by atoms with E-state index >= 15 is 0 Å². The first-order valence-corrected chi connectivity index (χ1v) is 12.7. The molecule has 1 aromatic carbocycles. The monoisotopic (exact) mass is 499 g/mol. The van der Waals surface area contributed by atoms with Crippen molar-refractivity contribution in [2.24, 2.45) is 11.8 Å². The van der Waals surface area contributed by atoms with Crippen LogP contribution in [0, 0.1) is 11.8 Å². The molecule has 0 aliphatic rings. The van der Waals surface area contributed by atoms with E-state index in [2.05, 4.69) is 20.3 Å². The summed E-state index contributed by atoms with van der Waals surface area (Å²) in [5.41, 5.74) is 5.79. The van der Waals surface area contributed by atoms with Gasteiger partial charge in [0.15, 0.2) is 10.8 Å². The number of carbonyl (C=O) groups is 1. The van der Waals surface area contributed by atoms with Gasteiger partial charge in [-0.3, -0.25) is 19.1 Å². The Hall–Kier alpha value is -3.34. The number of para-hydroxylation sites is 1. The van der Waals surface area contributed by atoms with Gasteiger partial charge >= 0.3 is 5.69 Å². The number of amides is 1. The highest BCUT2D eigenvalue weighted by molar-refractivity contribution is 7.99. The van der Waals surface area contributed by atoms with E-state index in [0.29, 0.717) is 24.1 Å². The van der Waals surface area contributed by atoms with Gasteiger partial charge in [0.05, 0.1) is 11.3 Å². The van der Waals surface area contributed by atoms with Crippen LogP contribution in [0.15, 0.2) is 39.0 Å². The van der Waals surface area contributed by atoms with Crippen molar-refractivity contribution in [2.45, 2.75) is 46.3 Å². The number of anilines is 3. The number of nitrogens with one attached hydrogen (secondary N) is 2. The Morgan fingerprint density at radius 1 is 1.17 bits per heavy atom. The van der Waals surface area contributed by atoms with Gasteiger partial charge in [-0.05, 0) is 30.9 Å². The second-order valence-electron chi connectivity index (χ2n) is 9.09. The molecule has 3 aromatic rings. The Bertz CT molecular complexity index is 1320. The zero-order valence-electron chi connectivity index (χ0n) is 20.8. The molecule has 11 heteroatoms. The van der Waals surface area contributed by atoms with Crippen LogP contribution in [-0.4, -0.2) is 44.3 Å². The van der Waals surface area contributed by atoms with Crippen LogP contribution < -0.4 is 27.2 Å². The lowest BCUT2D eigenvalue weighted by Gasteiger charge is -2.26. The van der Waals surface area contributed by atoms with Crippen molar-refractivity contribution in [3.05, 3.63) is 45.1 Å². The number of carbonyl (C=O) groups excluding carboxylic acids is 1. The largest absolute Gasteiger partial charge is 0.383 e. The predicted octanol–water partition coefficient (Wildman–Crippen LogP) is 2.93. The number of nitrogen functional groups attached to an aromatic ring is 1. The Kier molecular flexibility index (Phi) is 8.55. The van der Waals surface area contributed by atoms with Crippen LogP contribution >= 0.6 is 11.8 Å². The fraction of sp³-hybridized carbons (Fsp3) is 0.458. The number of hydrogen-bond donors (Lipinski definition) is 3. The lowest BCUT2D eigenvalue weighted by atomic mass is 10.2. The number of nitrogens with two attached hydrogens (primary N) is 1. The molecule has 0 unspecified atom stereocenters. The number of H-pyrrole nitrogens is 1. The van der Waals surface area contributed by atoms with E-state index in [1.54, 1.807) is 0 Å². The van der Waals surface area contributed by atoms with Crippen LogP contribution in [0.2, 0.25) is 0 Å². The molecule has 0 aliphatic heterocycles. The third-order valence-electron chi connectivity index (χ3n) is 5.13. The van der Waals surface area contributed by atoms with Crippen LogP contribution in [0.1, 0.15) is 34.6 Å². The highest BCUT2D eigenvalue weighted by atomic mass is 32.2. The van der Waals surface area contributed by atoms with Crippen LogP contribution in [0.4, 0.5) is 17.3 Å². The number of benzene rings is 1. The highest BCUT2D eigenvalue weighted by Gasteiger charge is 2.25. The number of fused-ring (bicyclic) bond motifs is 1. The van der Waals surface area contributed by atoms with Gasteiger partial charge < -0.3 is 16.0 Å². The molecule has 0 fully saturated rings. The maximum Gasteiger partial charge on any atom is 0.330 e. The summed E-state index contributed by atoms with van der Waals surface area (Å²) < 4.78 is 1.31. The van der Waals surface area contributed by atoms with Gasteiger partial charge in [0.1, 0.15) is 11.6 Å². The second-order valence-corrected chi connectivity index (χ2v) is 10.0. The molecule has 0 spiro atoms. The molecule has 3 rings (SSSR count). The second kappa shape index (κ2) is 11.4. The average molecular weight is 500 g/mol. The Labute approximate surface area is 208 Å². The third kappa shape index (κ3) is 6.21. The summed E-state index contributed by atoms with van der Waals surface area (Å²) in [5.74, 6) is 0.549. The zero-order chi connectivity index (χ0) is 25.7. The average Bonchev–Trinajstić information content (AvgIpc) is 2.79. The van der Waals surface area contributed by atoms with Gasteiger partial charge in [0.2, 0.25) is 5.91 Å². The minimum atomic E-state index is -0.678. The van der Waals surface area contributed by atoms with Gasteiger partial charge in [-0.15, -0.1) is 0 Å². The quantitative estimate of drug-likeness (QED) is 0.286. The number of hydrogen-bond acceptors (Lipinski definition) is 8. The van der Waals surface area contributed by atoms with E-state index in [4.69, 9.17) is 5.73 Å². The summed E-state index contributed by atoms with van der Waals surface area (Å²) in [6, 6.07) is 7.66. The number of thioether (sulfide) groups is 1. The summed E-state index contributed by atoms with van der Waals surface area (Å²) in [7, 11) is 0. The molecule has 0 radical (unpaired) electrons. The normalized spacial score (nSPS) is 11.4. The molecule has 35 heavy (non-hydrogen) atoms. The van der Waals surface area contributed by atoms with E-state index in [-0.39, 0.29) is 41.5 Å². The SMILES string of the molecule is CCNc1nc(SCC(=O)N(CC(C)C)c2c(N)n(CC(C)C)c(=O)[nH]c2=O)nc2ccccc12. The molecular weight excluding hydrogens is 466 g/mol. The minimum absolute atomic E-state index is 0.00118. The van der Waals surface area contributed by atoms with Crippen molar-refractivity contribution in [3.8, 4) is 0 Å². The number of rotatable bonds is 10. The topological polar surface area (TPSA) is 139 Å². The Morgan fingerprint density at radius 3 is 2.54 bits per heavy atom. The van der Waals surface area contributed by atoms with E-state index in [1.807, 2.05) is 58.9 Å². The maximum atomic E-state index is 13.4. The van der Waals surface area contributed by atoms with Crippen LogP contribution in [0.3, 0.4) is 0 Å². The molecule has 2 heterocycles. The van der Waals surface area contributed by atoms with Crippen molar-refractivity contribution in [1.82, 2.24) is 19.5 Å². The highest BCUT2D eigenvalue weighted by Crippen LogP contribution is 2.26. The number of aromatic amines is 1. The van der Waals surface area contributed by atoms with Crippen molar-refractivity contribution in [2.75, 3.05) is 34.8 Å². The third-order valence-corrected chi connectivity index (χ3v) is 5.96. The van der Waals surface area contributed by atoms with Gasteiger partial charge in [-0.1, -0.05) is 51.6 Å². The first-order chi connectivity index (χ1) is 16.6. The van der Waals surface area contributed by atoms with E-state index in [1.165, 1.54) is 21.2 Å². The summed E-state index contributed by atoms with van der Waals surface area (Å²) in [4.78, 5) is 51.4. The molecule has 188 valence electrons. The van der Waals surface area contributed by atoms with Crippen LogP contribution in [0.25, 0.3) is 10.9 Å². The summed E-state index contributed by atoms with van der Waals surface area (Å²) >= 11 is 1.19. The predicted molar refractivity (Wildman–Crippen MR) is 142 cm³/mol. The standard InChI is InChI=1S/C24H33N7O3S/c1-6-26-21-16-9-7-8-10-17(16)27-23(28-21)35-13-18(32)30(11-14(2)3)19-20(25)31(12-15(4)5)24(34)29-22(19)33/h7-10,14-15H,6,11-13,25H2,1-5H3,(H,26,27,28)(H,29,33,34). The Morgan fingerprint density at radius 2 is 1.89 bits per heavy atom. The van der Waals surface area contributed by atoms with E-state index < -0.39 is 11.2 Å². The molecule has 10 nitrogen and oxygen atoms in total. The van der Waals surface area contributed by atoms with Gasteiger partial charge in [0, 0.05) is 25.0 Å². The molecule has 0 atom stereocenters. The lowest BCUT2D eigenvalue weighted by Crippen LogP contribution is -2.43. The molecule has 4 N–H and O–H groups in total. The summed E-state index contributed by atoms with van der Waals surface area (Å²) in [6.07, 6.45) is 0. The minimum Gasteiger partial charge on any atom is -0.383 e. The summed E-state index contributed by atoms with van der Waals surface area (Å²) in [6.45, 7) is 11.0. The first-order valence-electron chi connectivity index (χ1n) is 11.7. The molecule has 0 saturated carbocycles. The molecule has 1 amide bonds. The molecular formula is C24H33N7O3S. The van der Waals surface area contributed by atoms with Crippen molar-refractivity contribution >= 4 is 45.9 Å². The van der Waals surface area contributed by atoms with Gasteiger partial charge in [0.25, 0.3) is 5.56 Å². The molecule has 0 aliphatic carbocycles. The molecule has 0 bridgehead atoms. The Balaban J connectivity index is 1.94. The van der Waals surface area contributed by atoms with Gasteiger partial charge in [-0.2, -0.15) is 0 Å². The zero-order valence-corrected chi connectivity index (χ0v) is 21.6.